The van der Waals surface area contributed by atoms with Gasteiger partial charge in [0, 0.05) is 36.1 Å². The first-order chi connectivity index (χ1) is 14.3. The number of esters is 2. The van der Waals surface area contributed by atoms with Crippen LogP contribution < -0.4 is 5.32 Å². The molecule has 1 heterocycles. The molecule has 0 radical (unpaired) electrons. The molecule has 1 N–H and O–H groups in total. The second-order valence-corrected chi connectivity index (χ2v) is 6.66. The summed E-state index contributed by atoms with van der Waals surface area (Å²) in [6, 6.07) is 6.80. The number of benzene rings is 1. The number of carbonyl (C=O) groups is 3. The first-order valence-electron chi connectivity index (χ1n) is 9.83. The number of methoxy groups -OCH3 is 1. The van der Waals surface area contributed by atoms with E-state index in [0.29, 0.717) is 29.8 Å². The van der Waals surface area contributed by atoms with Gasteiger partial charge in [0.25, 0.3) is 0 Å². The van der Waals surface area contributed by atoms with E-state index >= 15 is 0 Å². The van der Waals surface area contributed by atoms with Gasteiger partial charge in [0.15, 0.2) is 0 Å². The number of carbonyl (C=O) groups excluding carboxylic acids is 3. The molecule has 0 spiro atoms. The molecule has 0 atom stereocenters. The molecule has 0 aliphatic carbocycles. The van der Waals surface area contributed by atoms with Gasteiger partial charge in [-0.25, -0.2) is 9.59 Å². The standard InChI is InChI=1S/C23H28N2O5/c1-6-25-15(3)19(21(16(25)4)23(28)30-7-2)12-13-20(26)24-14-17-8-10-18(11-9-17)22(27)29-5/h8-13H,6-7,14H2,1-5H3,(H,24,26)/b13-12+. The van der Waals surface area contributed by atoms with Gasteiger partial charge in [-0.05, 0) is 51.5 Å². The molecule has 7 nitrogen and oxygen atoms in total. The largest absolute Gasteiger partial charge is 0.465 e. The van der Waals surface area contributed by atoms with Crippen LogP contribution in [0, 0.1) is 13.8 Å². The van der Waals surface area contributed by atoms with Gasteiger partial charge in [0.05, 0.1) is 24.8 Å². The van der Waals surface area contributed by atoms with Crippen LogP contribution in [0.15, 0.2) is 30.3 Å². The van der Waals surface area contributed by atoms with Crippen LogP contribution in [-0.2, 0) is 27.4 Å². The fourth-order valence-corrected chi connectivity index (χ4v) is 3.33. The highest BCUT2D eigenvalue weighted by Gasteiger charge is 2.22. The number of rotatable bonds is 8. The summed E-state index contributed by atoms with van der Waals surface area (Å²) in [7, 11) is 1.33. The van der Waals surface area contributed by atoms with Gasteiger partial charge in [-0.1, -0.05) is 12.1 Å². The van der Waals surface area contributed by atoms with Crippen molar-refractivity contribution >= 4 is 23.9 Å². The van der Waals surface area contributed by atoms with E-state index in [4.69, 9.17) is 4.74 Å². The molecule has 2 rings (SSSR count). The Morgan fingerprint density at radius 3 is 2.27 bits per heavy atom. The molecule has 160 valence electrons. The topological polar surface area (TPSA) is 86.6 Å². The summed E-state index contributed by atoms with van der Waals surface area (Å²) in [6.45, 7) is 8.86. The van der Waals surface area contributed by atoms with Crippen LogP contribution in [0.25, 0.3) is 6.08 Å². The Bertz CT molecular complexity index is 955. The Morgan fingerprint density at radius 2 is 1.70 bits per heavy atom. The second-order valence-electron chi connectivity index (χ2n) is 6.66. The van der Waals surface area contributed by atoms with Crippen molar-refractivity contribution in [1.29, 1.82) is 0 Å². The zero-order valence-electron chi connectivity index (χ0n) is 18.1. The fraction of sp³-hybridized carbons (Fsp3) is 0.348. The van der Waals surface area contributed by atoms with Crippen molar-refractivity contribution in [3.8, 4) is 0 Å². The SMILES string of the molecule is CCOC(=O)c1c(/C=C/C(=O)NCc2ccc(C(=O)OC)cc2)c(C)n(CC)c1C. The van der Waals surface area contributed by atoms with Gasteiger partial charge < -0.3 is 19.4 Å². The Labute approximate surface area is 176 Å². The molecular weight excluding hydrogens is 384 g/mol. The minimum absolute atomic E-state index is 0.285. The molecule has 1 aromatic heterocycles. The normalized spacial score (nSPS) is 10.8. The van der Waals surface area contributed by atoms with E-state index in [1.165, 1.54) is 13.2 Å². The maximum absolute atomic E-state index is 12.4. The fourth-order valence-electron chi connectivity index (χ4n) is 3.33. The third-order valence-corrected chi connectivity index (χ3v) is 4.87. The monoisotopic (exact) mass is 412 g/mol. The molecule has 1 aromatic carbocycles. The van der Waals surface area contributed by atoms with Gasteiger partial charge >= 0.3 is 11.9 Å². The summed E-state index contributed by atoms with van der Waals surface area (Å²) >= 11 is 0. The van der Waals surface area contributed by atoms with Crippen LogP contribution in [-0.4, -0.2) is 36.1 Å². The molecule has 7 heteroatoms. The van der Waals surface area contributed by atoms with Gasteiger partial charge in [-0.3, -0.25) is 4.79 Å². The molecule has 0 saturated carbocycles. The third-order valence-electron chi connectivity index (χ3n) is 4.87. The summed E-state index contributed by atoms with van der Waals surface area (Å²) in [5.74, 6) is -1.09. The lowest BCUT2D eigenvalue weighted by molar-refractivity contribution is -0.116. The zero-order chi connectivity index (χ0) is 22.3. The molecule has 0 saturated heterocycles. The molecular formula is C23H28N2O5. The van der Waals surface area contributed by atoms with Crippen LogP contribution in [0.3, 0.4) is 0 Å². The van der Waals surface area contributed by atoms with Crippen LogP contribution in [0.5, 0.6) is 0 Å². The Morgan fingerprint density at radius 1 is 1.03 bits per heavy atom. The van der Waals surface area contributed by atoms with Crippen LogP contribution in [0.2, 0.25) is 0 Å². The van der Waals surface area contributed by atoms with Crippen LogP contribution >= 0.6 is 0 Å². The highest BCUT2D eigenvalue weighted by atomic mass is 16.5. The molecule has 2 aromatic rings. The Hall–Kier alpha value is -3.35. The minimum atomic E-state index is -0.407. The maximum Gasteiger partial charge on any atom is 0.340 e. The summed E-state index contributed by atoms with van der Waals surface area (Å²) in [6.07, 6.45) is 3.06. The maximum atomic E-state index is 12.4. The van der Waals surface area contributed by atoms with Crippen molar-refractivity contribution < 1.29 is 23.9 Å². The summed E-state index contributed by atoms with van der Waals surface area (Å²) in [5, 5.41) is 2.80. The van der Waals surface area contributed by atoms with Crippen molar-refractivity contribution in [1.82, 2.24) is 9.88 Å². The highest BCUT2D eigenvalue weighted by Crippen LogP contribution is 2.25. The number of hydrogen-bond donors (Lipinski definition) is 1. The molecule has 0 aliphatic heterocycles. The van der Waals surface area contributed by atoms with E-state index in [1.54, 1.807) is 37.3 Å². The predicted molar refractivity (Wildman–Crippen MR) is 114 cm³/mol. The number of nitrogens with one attached hydrogen (secondary N) is 1. The lowest BCUT2D eigenvalue weighted by Gasteiger charge is -2.05. The molecule has 1 amide bonds. The minimum Gasteiger partial charge on any atom is -0.465 e. The zero-order valence-corrected chi connectivity index (χ0v) is 18.1. The van der Waals surface area contributed by atoms with Gasteiger partial charge in [-0.15, -0.1) is 0 Å². The smallest absolute Gasteiger partial charge is 0.340 e. The molecule has 0 fully saturated rings. The van der Waals surface area contributed by atoms with Crippen LogP contribution in [0.4, 0.5) is 0 Å². The first kappa shape index (κ1) is 22.9. The average molecular weight is 412 g/mol. The van der Waals surface area contributed by atoms with E-state index in [9.17, 15) is 14.4 Å². The second kappa shape index (κ2) is 10.4. The number of hydrogen-bond acceptors (Lipinski definition) is 5. The number of nitrogens with zero attached hydrogens (tertiary/aromatic N) is 1. The van der Waals surface area contributed by atoms with Crippen molar-refractivity contribution in [2.45, 2.75) is 40.8 Å². The summed E-state index contributed by atoms with van der Waals surface area (Å²) in [4.78, 5) is 36.2. The van der Waals surface area contributed by atoms with E-state index in [-0.39, 0.29) is 12.5 Å². The number of aromatic nitrogens is 1. The molecule has 0 aliphatic rings. The van der Waals surface area contributed by atoms with Crippen molar-refractivity contribution in [2.75, 3.05) is 13.7 Å². The molecule has 30 heavy (non-hydrogen) atoms. The Balaban J connectivity index is 2.12. The summed E-state index contributed by atoms with van der Waals surface area (Å²) in [5.41, 5.74) is 4.19. The first-order valence-corrected chi connectivity index (χ1v) is 9.83. The van der Waals surface area contributed by atoms with Crippen LogP contribution in [0.1, 0.15) is 57.1 Å². The highest BCUT2D eigenvalue weighted by molar-refractivity contribution is 5.98. The molecule has 0 bridgehead atoms. The quantitative estimate of drug-likeness (QED) is 0.530. The molecule has 0 unspecified atom stereocenters. The average Bonchev–Trinajstić information content (AvgIpc) is 2.99. The van der Waals surface area contributed by atoms with Gasteiger partial charge in [-0.2, -0.15) is 0 Å². The van der Waals surface area contributed by atoms with Gasteiger partial charge in [0.1, 0.15) is 0 Å². The van der Waals surface area contributed by atoms with Crippen molar-refractivity contribution in [3.63, 3.8) is 0 Å². The lowest BCUT2D eigenvalue weighted by atomic mass is 10.1. The summed E-state index contributed by atoms with van der Waals surface area (Å²) < 4.78 is 11.9. The number of ether oxygens (including phenoxy) is 2. The van der Waals surface area contributed by atoms with E-state index in [0.717, 1.165) is 17.0 Å². The van der Waals surface area contributed by atoms with Gasteiger partial charge in [0.2, 0.25) is 5.91 Å². The van der Waals surface area contributed by atoms with Crippen molar-refractivity contribution in [3.05, 3.63) is 64.0 Å². The predicted octanol–water partition coefficient (Wildman–Crippen LogP) is 3.42. The third kappa shape index (κ3) is 5.17. The van der Waals surface area contributed by atoms with E-state index in [1.807, 2.05) is 25.3 Å². The Kier molecular flexibility index (Phi) is 7.98. The number of amides is 1. The van der Waals surface area contributed by atoms with E-state index in [2.05, 4.69) is 10.1 Å². The lowest BCUT2D eigenvalue weighted by Crippen LogP contribution is -2.20. The van der Waals surface area contributed by atoms with E-state index < -0.39 is 11.9 Å². The van der Waals surface area contributed by atoms with Crippen molar-refractivity contribution in [2.24, 2.45) is 0 Å².